The Balaban J connectivity index is 1.74. The molecule has 160 valence electrons. The van der Waals surface area contributed by atoms with Gasteiger partial charge in [-0.25, -0.2) is 9.78 Å². The van der Waals surface area contributed by atoms with E-state index in [2.05, 4.69) is 0 Å². The number of ether oxygens (including phenoxy) is 1. The predicted octanol–water partition coefficient (Wildman–Crippen LogP) is 6.34. The van der Waals surface area contributed by atoms with Crippen molar-refractivity contribution < 1.29 is 14.3 Å². The van der Waals surface area contributed by atoms with E-state index >= 15 is 0 Å². The van der Waals surface area contributed by atoms with E-state index in [1.807, 2.05) is 69.3 Å². The number of fused-ring (bicyclic) bond motifs is 1. The maximum absolute atomic E-state index is 13.3. The Morgan fingerprint density at radius 3 is 2.25 bits per heavy atom. The van der Waals surface area contributed by atoms with Gasteiger partial charge in [0, 0.05) is 16.5 Å². The number of esters is 1. The van der Waals surface area contributed by atoms with E-state index in [1.54, 1.807) is 30.3 Å². The number of hydrogen-bond acceptors (Lipinski definition) is 4. The highest BCUT2D eigenvalue weighted by atomic mass is 16.5. The zero-order valence-corrected chi connectivity index (χ0v) is 18.5. The van der Waals surface area contributed by atoms with Crippen LogP contribution >= 0.6 is 0 Å². The van der Waals surface area contributed by atoms with E-state index < -0.39 is 12.1 Å². The van der Waals surface area contributed by atoms with E-state index in [9.17, 15) is 9.59 Å². The van der Waals surface area contributed by atoms with Crippen LogP contribution < -0.4 is 0 Å². The average molecular weight is 424 g/mol. The lowest BCUT2D eigenvalue weighted by Crippen LogP contribution is -2.27. The molecule has 4 aromatic rings. The fraction of sp³-hybridized carbons (Fsp3) is 0.179. The molecule has 0 N–H and O–H groups in total. The number of aryl methyl sites for hydroxylation is 2. The van der Waals surface area contributed by atoms with Gasteiger partial charge in [-0.2, -0.15) is 0 Å². The van der Waals surface area contributed by atoms with Crippen LogP contribution in [0.15, 0.2) is 78.9 Å². The van der Waals surface area contributed by atoms with Crippen molar-refractivity contribution in [3.8, 4) is 11.3 Å². The standard InChI is InChI=1S/C28H25NO3/c1-4-26(27(30)21-8-6-5-7-9-21)32-28(31)23-17-25(20-13-10-18(2)11-14-20)29-24-15-12-19(3)16-22(23)24/h5-17,26H,4H2,1-3H3/t26-/m0/s1. The summed E-state index contributed by atoms with van der Waals surface area (Å²) in [6.07, 6.45) is -0.451. The second-order valence-electron chi connectivity index (χ2n) is 7.97. The Kier molecular flexibility index (Phi) is 6.13. The van der Waals surface area contributed by atoms with E-state index in [4.69, 9.17) is 9.72 Å². The Labute approximate surface area is 187 Å². The summed E-state index contributed by atoms with van der Waals surface area (Å²) < 4.78 is 5.74. The van der Waals surface area contributed by atoms with Gasteiger partial charge in [0.05, 0.1) is 16.8 Å². The van der Waals surface area contributed by atoms with Crippen molar-refractivity contribution in [2.75, 3.05) is 0 Å². The van der Waals surface area contributed by atoms with Crippen molar-refractivity contribution in [2.45, 2.75) is 33.3 Å². The van der Waals surface area contributed by atoms with Gasteiger partial charge >= 0.3 is 5.97 Å². The summed E-state index contributed by atoms with van der Waals surface area (Å²) in [5, 5.41) is 0.716. The smallest absolute Gasteiger partial charge is 0.339 e. The molecule has 4 nitrogen and oxygen atoms in total. The molecule has 4 rings (SSSR count). The average Bonchev–Trinajstić information content (AvgIpc) is 2.82. The number of nitrogens with zero attached hydrogens (tertiary/aromatic N) is 1. The molecular formula is C28H25NO3. The first-order valence-corrected chi connectivity index (χ1v) is 10.7. The predicted molar refractivity (Wildman–Crippen MR) is 127 cm³/mol. The summed E-state index contributed by atoms with van der Waals surface area (Å²) in [4.78, 5) is 31.0. The molecule has 32 heavy (non-hydrogen) atoms. The van der Waals surface area contributed by atoms with Gasteiger partial charge in [-0.3, -0.25) is 4.79 Å². The summed E-state index contributed by atoms with van der Waals surface area (Å²) in [5.74, 6) is -0.720. The summed E-state index contributed by atoms with van der Waals surface area (Å²) >= 11 is 0. The van der Waals surface area contributed by atoms with Crippen LogP contribution in [0.5, 0.6) is 0 Å². The monoisotopic (exact) mass is 423 g/mol. The largest absolute Gasteiger partial charge is 0.450 e. The topological polar surface area (TPSA) is 56.3 Å². The van der Waals surface area contributed by atoms with Gasteiger partial charge in [0.15, 0.2) is 6.10 Å². The number of ketones is 1. The maximum atomic E-state index is 13.3. The van der Waals surface area contributed by atoms with Gasteiger partial charge in [-0.1, -0.05) is 78.7 Å². The summed E-state index contributed by atoms with van der Waals surface area (Å²) in [6, 6.07) is 24.5. The molecular weight excluding hydrogens is 398 g/mol. The zero-order valence-electron chi connectivity index (χ0n) is 18.5. The summed E-state index contributed by atoms with van der Waals surface area (Å²) in [5.41, 5.74) is 5.42. The normalized spacial score (nSPS) is 11.8. The van der Waals surface area contributed by atoms with Crippen LogP contribution in [0.1, 0.15) is 45.2 Å². The van der Waals surface area contributed by atoms with Crippen molar-refractivity contribution in [3.05, 3.63) is 101 Å². The Hall–Kier alpha value is -3.79. The molecule has 0 saturated carbocycles. The first-order chi connectivity index (χ1) is 15.5. The molecule has 4 heteroatoms. The third kappa shape index (κ3) is 4.45. The fourth-order valence-electron chi connectivity index (χ4n) is 3.68. The number of rotatable bonds is 6. The fourth-order valence-corrected chi connectivity index (χ4v) is 3.68. The lowest BCUT2D eigenvalue weighted by Gasteiger charge is -2.17. The van der Waals surface area contributed by atoms with Crippen LogP contribution in [0.4, 0.5) is 0 Å². The van der Waals surface area contributed by atoms with Crippen molar-refractivity contribution in [1.82, 2.24) is 4.98 Å². The molecule has 0 saturated heterocycles. The molecule has 0 unspecified atom stereocenters. The highest BCUT2D eigenvalue weighted by Crippen LogP contribution is 2.27. The quantitative estimate of drug-likeness (QED) is 0.268. The van der Waals surface area contributed by atoms with Crippen LogP contribution in [0, 0.1) is 13.8 Å². The molecule has 0 aliphatic rings. The van der Waals surface area contributed by atoms with E-state index in [0.29, 0.717) is 34.1 Å². The van der Waals surface area contributed by atoms with Gasteiger partial charge in [0.2, 0.25) is 5.78 Å². The lowest BCUT2D eigenvalue weighted by molar-refractivity contribution is 0.0279. The van der Waals surface area contributed by atoms with E-state index in [0.717, 1.165) is 16.7 Å². The number of benzene rings is 3. The Morgan fingerprint density at radius 1 is 0.875 bits per heavy atom. The van der Waals surface area contributed by atoms with Gasteiger partial charge in [-0.05, 0) is 38.5 Å². The summed E-state index contributed by atoms with van der Waals surface area (Å²) in [7, 11) is 0. The van der Waals surface area contributed by atoms with Crippen molar-refractivity contribution in [2.24, 2.45) is 0 Å². The van der Waals surface area contributed by atoms with Crippen LogP contribution in [0.2, 0.25) is 0 Å². The Morgan fingerprint density at radius 2 is 1.56 bits per heavy atom. The first-order valence-electron chi connectivity index (χ1n) is 10.7. The van der Waals surface area contributed by atoms with E-state index in [1.165, 1.54) is 0 Å². The number of hydrogen-bond donors (Lipinski definition) is 0. The molecule has 0 fully saturated rings. The van der Waals surface area contributed by atoms with Gasteiger partial charge < -0.3 is 4.74 Å². The van der Waals surface area contributed by atoms with Crippen LogP contribution in [-0.4, -0.2) is 22.8 Å². The lowest BCUT2D eigenvalue weighted by atomic mass is 10.0. The SMILES string of the molecule is CC[C@H](OC(=O)c1cc(-c2ccc(C)cc2)nc2ccc(C)cc12)C(=O)c1ccccc1. The maximum Gasteiger partial charge on any atom is 0.339 e. The van der Waals surface area contributed by atoms with Crippen LogP contribution in [0.25, 0.3) is 22.2 Å². The molecule has 3 aromatic carbocycles. The van der Waals surface area contributed by atoms with Gasteiger partial charge in [0.25, 0.3) is 0 Å². The van der Waals surface area contributed by atoms with Gasteiger partial charge in [-0.15, -0.1) is 0 Å². The third-order valence-corrected chi connectivity index (χ3v) is 5.50. The zero-order chi connectivity index (χ0) is 22.7. The molecule has 1 aromatic heterocycles. The molecule has 1 atom stereocenters. The highest BCUT2D eigenvalue weighted by molar-refractivity contribution is 6.07. The molecule has 0 bridgehead atoms. The molecule has 0 aliphatic carbocycles. The summed E-state index contributed by atoms with van der Waals surface area (Å²) in [6.45, 7) is 5.83. The second kappa shape index (κ2) is 9.15. The van der Waals surface area contributed by atoms with Crippen LogP contribution in [0.3, 0.4) is 0 Å². The Bertz CT molecular complexity index is 1280. The number of carbonyl (C=O) groups excluding carboxylic acids is 2. The van der Waals surface area contributed by atoms with Crippen molar-refractivity contribution in [1.29, 1.82) is 0 Å². The molecule has 0 amide bonds. The van der Waals surface area contributed by atoms with Crippen LogP contribution in [-0.2, 0) is 4.74 Å². The number of aromatic nitrogens is 1. The third-order valence-electron chi connectivity index (χ3n) is 5.50. The van der Waals surface area contributed by atoms with Gasteiger partial charge in [0.1, 0.15) is 0 Å². The second-order valence-corrected chi connectivity index (χ2v) is 7.97. The minimum absolute atomic E-state index is 0.199. The number of pyridine rings is 1. The number of carbonyl (C=O) groups is 2. The number of Topliss-reactive ketones (excluding diaryl/α,β-unsaturated/α-hetero) is 1. The molecule has 0 aliphatic heterocycles. The molecule has 0 spiro atoms. The highest BCUT2D eigenvalue weighted by Gasteiger charge is 2.25. The first kappa shape index (κ1) is 21.4. The molecule has 0 radical (unpaired) electrons. The minimum atomic E-state index is -0.847. The van der Waals surface area contributed by atoms with Crippen molar-refractivity contribution in [3.63, 3.8) is 0 Å². The minimum Gasteiger partial charge on any atom is -0.450 e. The van der Waals surface area contributed by atoms with Crippen molar-refractivity contribution >= 4 is 22.7 Å². The van der Waals surface area contributed by atoms with E-state index in [-0.39, 0.29) is 5.78 Å². The molecule has 1 heterocycles.